The summed E-state index contributed by atoms with van der Waals surface area (Å²) in [4.78, 5) is 17.3. The van der Waals surface area contributed by atoms with Gasteiger partial charge < -0.3 is 15.5 Å². The molecule has 0 radical (unpaired) electrons. The lowest BCUT2D eigenvalue weighted by atomic mass is 10.1. The van der Waals surface area contributed by atoms with E-state index in [0.29, 0.717) is 19.6 Å². The molecule has 27 heavy (non-hydrogen) atoms. The van der Waals surface area contributed by atoms with Crippen LogP contribution >= 0.6 is 24.0 Å². The number of hydrogen-bond acceptors (Lipinski definition) is 4. The normalized spacial score (nSPS) is 18.4. The molecule has 0 unspecified atom stereocenters. The van der Waals surface area contributed by atoms with Gasteiger partial charge >= 0.3 is 0 Å². The molecular weight excluding hydrogens is 479 g/mol. The molecular formula is C18H29IN4O3S. The average molecular weight is 508 g/mol. The number of carbonyl (C=O) groups excluding carboxylic acids is 1. The average Bonchev–Trinajstić information content (AvgIpc) is 2.55. The first-order chi connectivity index (χ1) is 12.1. The van der Waals surface area contributed by atoms with Crippen molar-refractivity contribution < 1.29 is 13.2 Å². The lowest BCUT2D eigenvalue weighted by Crippen LogP contribution is -2.57. The van der Waals surface area contributed by atoms with Crippen LogP contribution in [0.3, 0.4) is 0 Å². The Morgan fingerprint density at radius 1 is 1.26 bits per heavy atom. The second kappa shape index (κ2) is 9.72. The fourth-order valence-electron chi connectivity index (χ4n) is 2.93. The third-order valence-corrected chi connectivity index (χ3v) is 7.06. The topological polar surface area (TPSA) is 90.9 Å². The molecule has 2 rings (SSSR count). The van der Waals surface area contributed by atoms with Gasteiger partial charge in [-0.3, -0.25) is 9.79 Å². The quantitative estimate of drug-likeness (QED) is 0.369. The van der Waals surface area contributed by atoms with Crippen molar-refractivity contribution >= 4 is 51.4 Å². The first kappa shape index (κ1) is 23.7. The molecule has 0 saturated carbocycles. The van der Waals surface area contributed by atoms with Gasteiger partial charge in [0.15, 0.2) is 15.8 Å². The molecule has 1 aliphatic heterocycles. The van der Waals surface area contributed by atoms with Crippen LogP contribution in [0.5, 0.6) is 0 Å². The van der Waals surface area contributed by atoms with Gasteiger partial charge in [0.05, 0.1) is 10.5 Å². The second-order valence-electron chi connectivity index (χ2n) is 7.10. The Kier molecular flexibility index (Phi) is 8.52. The van der Waals surface area contributed by atoms with Gasteiger partial charge in [0, 0.05) is 39.3 Å². The number of sulfone groups is 1. The van der Waals surface area contributed by atoms with Gasteiger partial charge in [-0.1, -0.05) is 12.1 Å². The minimum atomic E-state index is -3.07. The Bertz CT molecular complexity index is 776. The van der Waals surface area contributed by atoms with Gasteiger partial charge in [0.25, 0.3) is 0 Å². The van der Waals surface area contributed by atoms with E-state index in [1.807, 2.05) is 29.2 Å². The summed E-state index contributed by atoms with van der Waals surface area (Å²) in [5, 5.41) is 6.05. The maximum absolute atomic E-state index is 12.1. The summed E-state index contributed by atoms with van der Waals surface area (Å²) in [6.45, 7) is 6.58. The van der Waals surface area contributed by atoms with Crippen molar-refractivity contribution in [3.05, 3.63) is 29.8 Å². The fourth-order valence-corrected chi connectivity index (χ4v) is 4.30. The number of halogens is 1. The fraction of sp³-hybridized carbons (Fsp3) is 0.556. The van der Waals surface area contributed by atoms with E-state index in [-0.39, 0.29) is 35.6 Å². The molecule has 152 valence electrons. The number of amides is 1. The van der Waals surface area contributed by atoms with Crippen molar-refractivity contribution in [1.29, 1.82) is 0 Å². The summed E-state index contributed by atoms with van der Waals surface area (Å²) in [6.07, 6.45) is 0.800. The van der Waals surface area contributed by atoms with Gasteiger partial charge in [0.1, 0.15) is 0 Å². The third-order valence-electron chi connectivity index (χ3n) is 4.53. The van der Waals surface area contributed by atoms with E-state index in [2.05, 4.69) is 15.6 Å². The standard InChI is InChI=1S/C18H28N4O3S.HI/c1-14(23)21-16-7-5-15(6-8-16)9-10-20-17(19-4)22-11-12-26(24,25)18(2,3)13-22;/h5-8H,9-13H2,1-4H3,(H,19,20)(H,21,23);1H. The minimum absolute atomic E-state index is 0. The number of nitrogens with one attached hydrogen (secondary N) is 2. The van der Waals surface area contributed by atoms with E-state index in [1.165, 1.54) is 6.92 Å². The van der Waals surface area contributed by atoms with Crippen LogP contribution in [0.15, 0.2) is 29.3 Å². The summed E-state index contributed by atoms with van der Waals surface area (Å²) in [5.41, 5.74) is 1.92. The molecule has 0 bridgehead atoms. The molecule has 1 aromatic rings. The number of nitrogens with zero attached hydrogens (tertiary/aromatic N) is 2. The van der Waals surface area contributed by atoms with Gasteiger partial charge in [-0.05, 0) is 38.0 Å². The lowest BCUT2D eigenvalue weighted by Gasteiger charge is -2.39. The van der Waals surface area contributed by atoms with Crippen molar-refractivity contribution in [2.24, 2.45) is 4.99 Å². The lowest BCUT2D eigenvalue weighted by molar-refractivity contribution is -0.114. The molecule has 1 heterocycles. The summed E-state index contributed by atoms with van der Waals surface area (Å²) in [5.74, 6) is 0.781. The third kappa shape index (κ3) is 6.34. The highest BCUT2D eigenvalue weighted by molar-refractivity contribution is 14.0. The molecule has 0 aromatic heterocycles. The Hall–Kier alpha value is -1.36. The van der Waals surface area contributed by atoms with Crippen LogP contribution in [-0.2, 0) is 21.1 Å². The monoisotopic (exact) mass is 508 g/mol. The van der Waals surface area contributed by atoms with Crippen molar-refractivity contribution in [1.82, 2.24) is 10.2 Å². The van der Waals surface area contributed by atoms with Crippen LogP contribution in [-0.4, -0.2) is 62.4 Å². The molecule has 1 amide bonds. The SMILES string of the molecule is CN=C(NCCc1ccc(NC(C)=O)cc1)N1CCS(=O)(=O)C(C)(C)C1.I. The van der Waals surface area contributed by atoms with Crippen LogP contribution in [0.1, 0.15) is 26.3 Å². The molecule has 2 N–H and O–H groups in total. The first-order valence-electron chi connectivity index (χ1n) is 8.69. The molecule has 0 spiro atoms. The van der Waals surface area contributed by atoms with Crippen LogP contribution in [0.25, 0.3) is 0 Å². The van der Waals surface area contributed by atoms with E-state index in [4.69, 9.17) is 0 Å². The molecule has 1 aromatic carbocycles. The van der Waals surface area contributed by atoms with E-state index in [0.717, 1.165) is 23.6 Å². The predicted molar refractivity (Wildman–Crippen MR) is 121 cm³/mol. The Morgan fingerprint density at radius 3 is 2.41 bits per heavy atom. The first-order valence-corrected chi connectivity index (χ1v) is 10.3. The molecule has 9 heteroatoms. The second-order valence-corrected chi connectivity index (χ2v) is 9.85. The molecule has 1 fully saturated rings. The number of anilines is 1. The Labute approximate surface area is 178 Å². The Morgan fingerprint density at radius 2 is 1.89 bits per heavy atom. The molecule has 0 aliphatic carbocycles. The number of hydrogen-bond donors (Lipinski definition) is 2. The highest BCUT2D eigenvalue weighted by atomic mass is 127. The van der Waals surface area contributed by atoms with E-state index >= 15 is 0 Å². The van der Waals surface area contributed by atoms with Crippen LogP contribution in [0.2, 0.25) is 0 Å². The highest BCUT2D eigenvalue weighted by Crippen LogP contribution is 2.23. The Balaban J connectivity index is 0.00000364. The van der Waals surface area contributed by atoms with Crippen LogP contribution in [0, 0.1) is 0 Å². The molecule has 1 aliphatic rings. The zero-order chi connectivity index (χ0) is 19.4. The summed E-state index contributed by atoms with van der Waals surface area (Å²) in [6, 6.07) is 7.71. The summed E-state index contributed by atoms with van der Waals surface area (Å²) in [7, 11) is -1.36. The van der Waals surface area contributed by atoms with Crippen LogP contribution < -0.4 is 10.6 Å². The van der Waals surface area contributed by atoms with E-state index in [9.17, 15) is 13.2 Å². The number of carbonyl (C=O) groups is 1. The summed E-state index contributed by atoms with van der Waals surface area (Å²) < 4.78 is 23.5. The van der Waals surface area contributed by atoms with E-state index in [1.54, 1.807) is 20.9 Å². The molecule has 0 atom stereocenters. The summed E-state index contributed by atoms with van der Waals surface area (Å²) >= 11 is 0. The van der Waals surface area contributed by atoms with Crippen molar-refractivity contribution in [3.63, 3.8) is 0 Å². The number of guanidine groups is 1. The smallest absolute Gasteiger partial charge is 0.221 e. The van der Waals surface area contributed by atoms with Crippen molar-refractivity contribution in [3.8, 4) is 0 Å². The van der Waals surface area contributed by atoms with Crippen molar-refractivity contribution in [2.75, 3.05) is 37.8 Å². The van der Waals surface area contributed by atoms with Crippen LogP contribution in [0.4, 0.5) is 5.69 Å². The minimum Gasteiger partial charge on any atom is -0.356 e. The van der Waals surface area contributed by atoms with Gasteiger partial charge in [-0.2, -0.15) is 0 Å². The zero-order valence-corrected chi connectivity index (χ0v) is 19.4. The maximum atomic E-state index is 12.1. The number of aliphatic imine (C=N–C) groups is 1. The van der Waals surface area contributed by atoms with Gasteiger partial charge in [-0.25, -0.2) is 8.42 Å². The van der Waals surface area contributed by atoms with E-state index < -0.39 is 14.6 Å². The number of rotatable bonds is 4. The van der Waals surface area contributed by atoms with Crippen molar-refractivity contribution in [2.45, 2.75) is 31.9 Å². The van der Waals surface area contributed by atoms with Gasteiger partial charge in [-0.15, -0.1) is 24.0 Å². The number of benzene rings is 1. The zero-order valence-electron chi connectivity index (χ0n) is 16.3. The molecule has 7 nitrogen and oxygen atoms in total. The largest absolute Gasteiger partial charge is 0.356 e. The maximum Gasteiger partial charge on any atom is 0.221 e. The predicted octanol–water partition coefficient (Wildman–Crippen LogP) is 1.89. The van der Waals surface area contributed by atoms with Gasteiger partial charge in [0.2, 0.25) is 5.91 Å². The highest BCUT2D eigenvalue weighted by Gasteiger charge is 2.40. The molecule has 1 saturated heterocycles.